The van der Waals surface area contributed by atoms with Gasteiger partial charge >= 0.3 is 0 Å². The van der Waals surface area contributed by atoms with E-state index in [2.05, 4.69) is 0 Å². The number of nitro benzene ring substituents is 2. The number of carbonyl (C=O) groups is 2. The van der Waals surface area contributed by atoms with Crippen LogP contribution in [0.4, 0.5) is 11.4 Å². The van der Waals surface area contributed by atoms with Crippen LogP contribution in [0.2, 0.25) is 0 Å². The molecular weight excluding hydrogens is 388 g/mol. The zero-order valence-corrected chi connectivity index (χ0v) is 12.8. The van der Waals surface area contributed by atoms with Crippen LogP contribution in [-0.4, -0.2) is 31.6 Å². The van der Waals surface area contributed by atoms with Crippen molar-refractivity contribution in [2.24, 2.45) is 0 Å². The van der Waals surface area contributed by atoms with Gasteiger partial charge in [0.1, 0.15) is 22.6 Å². The molecule has 0 bridgehead atoms. The Morgan fingerprint density at radius 3 is 1.32 bits per heavy atom. The molecule has 2 N–H and O–H groups in total. The van der Waals surface area contributed by atoms with Crippen molar-refractivity contribution in [3.8, 4) is 11.5 Å². The van der Waals surface area contributed by atoms with Gasteiger partial charge in [0.2, 0.25) is 11.6 Å². The number of hydrogen-bond donors (Lipinski definition) is 2. The number of phenols is 2. The van der Waals surface area contributed by atoms with Gasteiger partial charge in [0.05, 0.1) is 21.0 Å². The van der Waals surface area contributed by atoms with E-state index in [-0.39, 0.29) is 17.1 Å². The molecule has 0 aromatic heterocycles. The van der Waals surface area contributed by atoms with E-state index in [9.17, 15) is 40.0 Å². The molecule has 131 valence electrons. The zero-order chi connectivity index (χ0) is 17.8. The fraction of sp³-hybridized carbons (Fsp3) is 0. The van der Waals surface area contributed by atoms with Crippen LogP contribution in [0, 0.1) is 20.2 Å². The summed E-state index contributed by atoms with van der Waals surface area (Å²) in [4.78, 5) is 45.5. The first kappa shape index (κ1) is 18.0. The average molecular weight is 394 g/mol. The van der Waals surface area contributed by atoms with Crippen LogP contribution in [0.1, 0.15) is 31.8 Å². The van der Waals surface area contributed by atoms with Gasteiger partial charge in [0.25, 0.3) is 11.4 Å². The second-order valence-electron chi connectivity index (χ2n) is 4.88. The van der Waals surface area contributed by atoms with E-state index in [4.69, 9.17) is 0 Å². The van der Waals surface area contributed by atoms with Gasteiger partial charge in [-0.2, -0.15) is 0 Å². The summed E-state index contributed by atoms with van der Waals surface area (Å²) in [5.41, 5.74) is -4.37. The summed E-state index contributed by atoms with van der Waals surface area (Å²) in [7, 11) is 0. The topological polar surface area (TPSA) is 161 Å². The SMILES string of the molecule is O=C1c2c(O)ccc([N+](=O)[O-])c2C(=O)c2c([N+](=O)[O-])ccc(O)c21.[Cu]. The fourth-order valence-electron chi connectivity index (χ4n) is 2.64. The van der Waals surface area contributed by atoms with Gasteiger partial charge in [-0.25, -0.2) is 0 Å². The van der Waals surface area contributed by atoms with Gasteiger partial charge in [0.15, 0.2) is 0 Å². The number of aromatic hydroxyl groups is 2. The summed E-state index contributed by atoms with van der Waals surface area (Å²) in [6.07, 6.45) is 0. The predicted molar refractivity (Wildman–Crippen MR) is 76.4 cm³/mol. The molecule has 10 nitrogen and oxygen atoms in total. The van der Waals surface area contributed by atoms with Crippen molar-refractivity contribution in [1.29, 1.82) is 0 Å². The average Bonchev–Trinajstić information content (AvgIpc) is 2.51. The van der Waals surface area contributed by atoms with Crippen molar-refractivity contribution >= 4 is 22.9 Å². The maximum absolute atomic E-state index is 12.6. The maximum atomic E-state index is 12.6. The van der Waals surface area contributed by atoms with E-state index < -0.39 is 66.5 Å². The van der Waals surface area contributed by atoms with Crippen molar-refractivity contribution in [3.05, 3.63) is 66.7 Å². The second kappa shape index (κ2) is 5.96. The minimum atomic E-state index is -1.19. The van der Waals surface area contributed by atoms with E-state index in [1.165, 1.54) is 0 Å². The van der Waals surface area contributed by atoms with Gasteiger partial charge in [-0.05, 0) is 12.1 Å². The standard InChI is InChI=1S/C14H6N2O8.Cu/c17-7-3-1-5(15(21)22)9-11(7)14(20)12-8(18)4-2-6(16(23)24)10(12)13(9)19;/h1-4,17-18H;. The molecule has 0 fully saturated rings. The molecule has 0 aliphatic heterocycles. The van der Waals surface area contributed by atoms with Crippen LogP contribution in [-0.2, 0) is 17.1 Å². The van der Waals surface area contributed by atoms with Gasteiger partial charge in [-0.15, -0.1) is 0 Å². The molecular formula is C14H6CuN2O8. The van der Waals surface area contributed by atoms with E-state index in [0.29, 0.717) is 0 Å². The predicted octanol–water partition coefficient (Wildman–Crippen LogP) is 1.69. The van der Waals surface area contributed by atoms with Crippen LogP contribution >= 0.6 is 0 Å². The molecule has 0 saturated heterocycles. The number of carbonyl (C=O) groups excluding carboxylic acids is 2. The molecule has 0 unspecified atom stereocenters. The number of hydrogen-bond acceptors (Lipinski definition) is 8. The van der Waals surface area contributed by atoms with Gasteiger partial charge in [-0.3, -0.25) is 29.8 Å². The number of ketones is 2. The molecule has 2 aromatic rings. The summed E-state index contributed by atoms with van der Waals surface area (Å²) >= 11 is 0. The van der Waals surface area contributed by atoms with Crippen molar-refractivity contribution in [2.45, 2.75) is 0 Å². The summed E-state index contributed by atoms with van der Waals surface area (Å²) in [5, 5.41) is 41.9. The smallest absolute Gasteiger partial charge is 0.281 e. The van der Waals surface area contributed by atoms with E-state index in [1.807, 2.05) is 0 Å². The first-order valence-electron chi connectivity index (χ1n) is 6.35. The molecule has 1 aliphatic carbocycles. The van der Waals surface area contributed by atoms with Gasteiger partial charge in [-0.1, -0.05) is 0 Å². The Morgan fingerprint density at radius 1 is 0.680 bits per heavy atom. The first-order chi connectivity index (χ1) is 11.3. The molecule has 0 amide bonds. The fourth-order valence-corrected chi connectivity index (χ4v) is 2.64. The number of benzene rings is 2. The summed E-state index contributed by atoms with van der Waals surface area (Å²) in [5.74, 6) is -3.71. The molecule has 0 spiro atoms. The Kier molecular flexibility index (Phi) is 4.30. The molecule has 0 heterocycles. The van der Waals surface area contributed by atoms with Crippen molar-refractivity contribution in [3.63, 3.8) is 0 Å². The van der Waals surface area contributed by atoms with Gasteiger partial charge in [0, 0.05) is 29.2 Å². The van der Waals surface area contributed by atoms with Crippen LogP contribution in [0.15, 0.2) is 24.3 Å². The van der Waals surface area contributed by atoms with Crippen molar-refractivity contribution < 1.29 is 46.7 Å². The number of fused-ring (bicyclic) bond motifs is 2. The second-order valence-corrected chi connectivity index (χ2v) is 4.88. The maximum Gasteiger partial charge on any atom is 0.281 e. The molecule has 2 aromatic carbocycles. The van der Waals surface area contributed by atoms with E-state index >= 15 is 0 Å². The Labute approximate surface area is 148 Å². The van der Waals surface area contributed by atoms with Crippen LogP contribution in [0.25, 0.3) is 0 Å². The molecule has 3 rings (SSSR count). The number of nitrogens with zero attached hydrogens (tertiary/aromatic N) is 2. The number of phenolic OH excluding ortho intramolecular Hbond substituents is 2. The normalized spacial score (nSPS) is 12.0. The number of rotatable bonds is 2. The monoisotopic (exact) mass is 393 g/mol. The summed E-state index contributed by atoms with van der Waals surface area (Å²) in [6.45, 7) is 0. The Balaban J connectivity index is 0.00000225. The van der Waals surface area contributed by atoms with Gasteiger partial charge < -0.3 is 10.2 Å². The Morgan fingerprint density at radius 2 is 1.00 bits per heavy atom. The minimum absolute atomic E-state index is 0. The van der Waals surface area contributed by atoms with Crippen LogP contribution in [0.3, 0.4) is 0 Å². The largest absolute Gasteiger partial charge is 0.507 e. The molecule has 1 radical (unpaired) electrons. The molecule has 11 heteroatoms. The van der Waals surface area contributed by atoms with Crippen molar-refractivity contribution in [1.82, 2.24) is 0 Å². The minimum Gasteiger partial charge on any atom is -0.507 e. The zero-order valence-electron chi connectivity index (χ0n) is 11.8. The Hall–Kier alpha value is -3.30. The molecule has 25 heavy (non-hydrogen) atoms. The quantitative estimate of drug-likeness (QED) is 0.377. The third-order valence-electron chi connectivity index (χ3n) is 3.62. The van der Waals surface area contributed by atoms with Crippen molar-refractivity contribution in [2.75, 3.05) is 0 Å². The van der Waals surface area contributed by atoms with Crippen LogP contribution in [0.5, 0.6) is 11.5 Å². The first-order valence-corrected chi connectivity index (χ1v) is 6.35. The number of nitro groups is 2. The molecule has 0 saturated carbocycles. The summed E-state index contributed by atoms with van der Waals surface area (Å²) in [6, 6.07) is 3.36. The molecule has 1 aliphatic rings. The Bertz CT molecular complexity index is 910. The summed E-state index contributed by atoms with van der Waals surface area (Å²) < 4.78 is 0. The third kappa shape index (κ3) is 2.42. The van der Waals surface area contributed by atoms with E-state index in [1.54, 1.807) is 0 Å². The third-order valence-corrected chi connectivity index (χ3v) is 3.62. The van der Waals surface area contributed by atoms with E-state index in [0.717, 1.165) is 24.3 Å². The molecule has 0 atom stereocenters. The van der Waals surface area contributed by atoms with Crippen LogP contribution < -0.4 is 0 Å².